The Balaban J connectivity index is 1.45. The molecule has 3 atom stereocenters. The Morgan fingerprint density at radius 2 is 2.12 bits per heavy atom. The van der Waals surface area contributed by atoms with E-state index in [1.165, 1.54) is 5.56 Å². The van der Waals surface area contributed by atoms with Gasteiger partial charge >= 0.3 is 6.09 Å². The average molecular weight is 347 g/mol. The lowest BCUT2D eigenvalue weighted by atomic mass is 10.0. The topological polar surface area (TPSA) is 62.8 Å². The standard InChI is InChI=1S/C19H29N3O3/c1-22-10-8-15(13-22)12-21-19(23)25-18-7-9-20-17(18)11-14-3-5-16(24-2)6-4-14/h3-6,15,17-18,20H,7-13H2,1-2H3,(H,21,23)/t15-,17+,18+/m0/s1. The summed E-state index contributed by atoms with van der Waals surface area (Å²) in [5.74, 6) is 1.39. The molecule has 0 saturated carbocycles. The highest BCUT2D eigenvalue weighted by atomic mass is 16.6. The zero-order valence-corrected chi connectivity index (χ0v) is 15.2. The van der Waals surface area contributed by atoms with E-state index in [1.807, 2.05) is 12.1 Å². The van der Waals surface area contributed by atoms with Gasteiger partial charge in [0.2, 0.25) is 0 Å². The van der Waals surface area contributed by atoms with Gasteiger partial charge in [-0.3, -0.25) is 0 Å². The van der Waals surface area contributed by atoms with Crippen LogP contribution in [0.3, 0.4) is 0 Å². The molecular formula is C19H29N3O3. The highest BCUT2D eigenvalue weighted by Crippen LogP contribution is 2.19. The monoisotopic (exact) mass is 347 g/mol. The molecule has 0 spiro atoms. The van der Waals surface area contributed by atoms with Gasteiger partial charge in [0.15, 0.2) is 0 Å². The number of amides is 1. The maximum atomic E-state index is 12.1. The van der Waals surface area contributed by atoms with Crippen LogP contribution >= 0.6 is 0 Å². The number of carbonyl (C=O) groups excluding carboxylic acids is 1. The van der Waals surface area contributed by atoms with E-state index in [4.69, 9.17) is 9.47 Å². The minimum Gasteiger partial charge on any atom is -0.497 e. The number of likely N-dealkylation sites (tertiary alicyclic amines) is 1. The molecule has 6 nitrogen and oxygen atoms in total. The molecule has 2 N–H and O–H groups in total. The maximum absolute atomic E-state index is 12.1. The number of hydrogen-bond donors (Lipinski definition) is 2. The zero-order chi connectivity index (χ0) is 17.6. The number of nitrogens with zero attached hydrogens (tertiary/aromatic N) is 1. The van der Waals surface area contributed by atoms with Crippen LogP contribution in [0.25, 0.3) is 0 Å². The van der Waals surface area contributed by atoms with Gasteiger partial charge in [0.05, 0.1) is 7.11 Å². The van der Waals surface area contributed by atoms with E-state index in [2.05, 4.69) is 34.7 Å². The van der Waals surface area contributed by atoms with E-state index in [0.717, 1.165) is 44.6 Å². The van der Waals surface area contributed by atoms with Crippen molar-refractivity contribution in [2.75, 3.05) is 40.3 Å². The minimum atomic E-state index is -0.289. The molecule has 0 radical (unpaired) electrons. The third-order valence-corrected chi connectivity index (χ3v) is 5.18. The number of hydrogen-bond acceptors (Lipinski definition) is 5. The van der Waals surface area contributed by atoms with E-state index in [0.29, 0.717) is 12.5 Å². The van der Waals surface area contributed by atoms with Crippen LogP contribution in [0, 0.1) is 5.92 Å². The molecule has 2 fully saturated rings. The molecule has 1 aromatic carbocycles. The van der Waals surface area contributed by atoms with Crippen LogP contribution in [-0.2, 0) is 11.2 Å². The Bertz CT molecular complexity index is 564. The zero-order valence-electron chi connectivity index (χ0n) is 15.2. The van der Waals surface area contributed by atoms with E-state index in [-0.39, 0.29) is 18.2 Å². The molecule has 0 aliphatic carbocycles. The fourth-order valence-corrected chi connectivity index (χ4v) is 3.70. The van der Waals surface area contributed by atoms with Crippen molar-refractivity contribution in [2.45, 2.75) is 31.4 Å². The fraction of sp³-hybridized carbons (Fsp3) is 0.632. The Morgan fingerprint density at radius 1 is 1.32 bits per heavy atom. The summed E-state index contributed by atoms with van der Waals surface area (Å²) in [6, 6.07) is 8.22. The summed E-state index contributed by atoms with van der Waals surface area (Å²) in [6.07, 6.45) is 2.48. The minimum absolute atomic E-state index is 0.0756. The van der Waals surface area contributed by atoms with Gasteiger partial charge in [-0.2, -0.15) is 0 Å². The predicted molar refractivity (Wildman–Crippen MR) is 97.0 cm³/mol. The summed E-state index contributed by atoms with van der Waals surface area (Å²) >= 11 is 0. The molecular weight excluding hydrogens is 318 g/mol. The predicted octanol–water partition coefficient (Wildman–Crippen LogP) is 1.65. The summed E-state index contributed by atoms with van der Waals surface area (Å²) in [6.45, 7) is 3.74. The molecule has 1 amide bonds. The van der Waals surface area contributed by atoms with Gasteiger partial charge in [-0.05, 0) is 63.0 Å². The molecule has 138 valence electrons. The van der Waals surface area contributed by atoms with Gasteiger partial charge in [-0.25, -0.2) is 4.79 Å². The number of nitrogens with one attached hydrogen (secondary N) is 2. The van der Waals surface area contributed by atoms with E-state index >= 15 is 0 Å². The molecule has 0 aromatic heterocycles. The second-order valence-corrected chi connectivity index (χ2v) is 7.14. The van der Waals surface area contributed by atoms with Gasteiger partial charge in [0.25, 0.3) is 0 Å². The molecule has 0 unspecified atom stereocenters. The number of alkyl carbamates (subject to hydrolysis) is 1. The summed E-state index contributed by atoms with van der Waals surface area (Å²) < 4.78 is 10.9. The number of benzene rings is 1. The van der Waals surface area contributed by atoms with Crippen LogP contribution in [0.5, 0.6) is 5.75 Å². The Kier molecular flexibility index (Phi) is 6.15. The molecule has 25 heavy (non-hydrogen) atoms. The van der Waals surface area contributed by atoms with Crippen LogP contribution in [-0.4, -0.2) is 63.5 Å². The smallest absolute Gasteiger partial charge is 0.407 e. The summed E-state index contributed by atoms with van der Waals surface area (Å²) in [5, 5.41) is 6.39. The second kappa shape index (κ2) is 8.54. The molecule has 2 saturated heterocycles. The quantitative estimate of drug-likeness (QED) is 0.819. The van der Waals surface area contributed by atoms with Crippen LogP contribution in [0.1, 0.15) is 18.4 Å². The van der Waals surface area contributed by atoms with Crippen molar-refractivity contribution >= 4 is 6.09 Å². The van der Waals surface area contributed by atoms with Crippen molar-refractivity contribution in [1.29, 1.82) is 0 Å². The lowest BCUT2D eigenvalue weighted by molar-refractivity contribution is 0.0890. The van der Waals surface area contributed by atoms with Gasteiger partial charge in [-0.1, -0.05) is 12.1 Å². The van der Waals surface area contributed by atoms with Gasteiger partial charge < -0.3 is 25.0 Å². The average Bonchev–Trinajstić information content (AvgIpc) is 3.23. The van der Waals surface area contributed by atoms with E-state index < -0.39 is 0 Å². The van der Waals surface area contributed by atoms with Crippen LogP contribution in [0.15, 0.2) is 24.3 Å². The molecule has 0 bridgehead atoms. The first kappa shape index (κ1) is 18.0. The lowest BCUT2D eigenvalue weighted by Crippen LogP contribution is -2.39. The first-order chi connectivity index (χ1) is 12.1. The Hall–Kier alpha value is -1.79. The van der Waals surface area contributed by atoms with Crippen molar-refractivity contribution in [3.63, 3.8) is 0 Å². The van der Waals surface area contributed by atoms with E-state index in [1.54, 1.807) is 7.11 Å². The maximum Gasteiger partial charge on any atom is 0.407 e. The molecule has 2 aliphatic heterocycles. The highest BCUT2D eigenvalue weighted by Gasteiger charge is 2.30. The van der Waals surface area contributed by atoms with Crippen molar-refractivity contribution in [2.24, 2.45) is 5.92 Å². The summed E-state index contributed by atoms with van der Waals surface area (Å²) in [4.78, 5) is 14.4. The number of carbonyl (C=O) groups is 1. The van der Waals surface area contributed by atoms with Crippen molar-refractivity contribution in [3.05, 3.63) is 29.8 Å². The van der Waals surface area contributed by atoms with Gasteiger partial charge in [0.1, 0.15) is 11.9 Å². The summed E-state index contributed by atoms with van der Waals surface area (Å²) in [7, 11) is 3.78. The van der Waals surface area contributed by atoms with Crippen LogP contribution < -0.4 is 15.4 Å². The molecule has 2 aliphatic rings. The lowest BCUT2D eigenvalue weighted by Gasteiger charge is -2.21. The van der Waals surface area contributed by atoms with Gasteiger partial charge in [0, 0.05) is 19.1 Å². The SMILES string of the molecule is COc1ccc(C[C@H]2NCC[C@H]2OC(=O)NC[C@@H]2CCN(C)C2)cc1. The summed E-state index contributed by atoms with van der Waals surface area (Å²) in [5.41, 5.74) is 1.21. The van der Waals surface area contributed by atoms with Crippen molar-refractivity contribution in [1.82, 2.24) is 15.5 Å². The molecule has 2 heterocycles. The third kappa shape index (κ3) is 5.09. The third-order valence-electron chi connectivity index (χ3n) is 5.18. The number of rotatable bonds is 6. The Morgan fingerprint density at radius 3 is 2.80 bits per heavy atom. The van der Waals surface area contributed by atoms with Crippen LogP contribution in [0.2, 0.25) is 0 Å². The molecule has 6 heteroatoms. The second-order valence-electron chi connectivity index (χ2n) is 7.14. The van der Waals surface area contributed by atoms with Crippen molar-refractivity contribution in [3.8, 4) is 5.75 Å². The first-order valence-electron chi connectivity index (χ1n) is 9.13. The van der Waals surface area contributed by atoms with Gasteiger partial charge in [-0.15, -0.1) is 0 Å². The fourth-order valence-electron chi connectivity index (χ4n) is 3.70. The highest BCUT2D eigenvalue weighted by molar-refractivity contribution is 5.67. The number of methoxy groups -OCH3 is 1. The van der Waals surface area contributed by atoms with Crippen molar-refractivity contribution < 1.29 is 14.3 Å². The molecule has 3 rings (SSSR count). The number of ether oxygens (including phenoxy) is 2. The molecule has 1 aromatic rings. The normalized spacial score (nSPS) is 26.6. The first-order valence-corrected chi connectivity index (χ1v) is 9.13. The Labute approximate surface area is 149 Å². The largest absolute Gasteiger partial charge is 0.497 e. The van der Waals surface area contributed by atoms with E-state index in [9.17, 15) is 4.79 Å². The van der Waals surface area contributed by atoms with Crippen LogP contribution in [0.4, 0.5) is 4.79 Å².